The first-order valence-electron chi connectivity index (χ1n) is 5.01. The van der Waals surface area contributed by atoms with Crippen molar-refractivity contribution in [2.24, 2.45) is 5.92 Å². The maximum absolute atomic E-state index is 13.0. The van der Waals surface area contributed by atoms with E-state index in [-0.39, 0.29) is 5.82 Å². The molecule has 1 nitrogen and oxygen atoms in total. The van der Waals surface area contributed by atoms with Crippen LogP contribution in [0.3, 0.4) is 0 Å². The lowest BCUT2D eigenvalue weighted by Gasteiger charge is -2.24. The number of hydrogen-bond acceptors (Lipinski definition) is 1. The topological polar surface area (TPSA) is 20.2 Å². The highest BCUT2D eigenvalue weighted by Gasteiger charge is 2.41. The summed E-state index contributed by atoms with van der Waals surface area (Å²) in [4.78, 5) is 0. The molecule has 1 aliphatic carbocycles. The molecule has 1 N–H and O–H groups in total. The molecule has 1 aromatic carbocycles. The van der Waals surface area contributed by atoms with E-state index in [1.807, 2.05) is 6.92 Å². The van der Waals surface area contributed by atoms with Crippen molar-refractivity contribution in [3.05, 3.63) is 35.1 Å². The predicted molar refractivity (Wildman–Crippen MR) is 53.4 cm³/mol. The van der Waals surface area contributed by atoms with Gasteiger partial charge in [0, 0.05) is 0 Å². The Morgan fingerprint density at radius 3 is 2.57 bits per heavy atom. The summed E-state index contributed by atoms with van der Waals surface area (Å²) in [7, 11) is 0. The van der Waals surface area contributed by atoms with Crippen LogP contribution in [0.2, 0.25) is 0 Å². The minimum atomic E-state index is -0.779. The predicted octanol–water partition coefficient (Wildman–Crippen LogP) is 2.75. The summed E-state index contributed by atoms with van der Waals surface area (Å²) in [5.41, 5.74) is 0.653. The molecule has 0 heterocycles. The average Bonchev–Trinajstić information content (AvgIpc) is 2.92. The van der Waals surface area contributed by atoms with Gasteiger partial charge < -0.3 is 5.11 Å². The van der Waals surface area contributed by atoms with Gasteiger partial charge in [0.2, 0.25) is 0 Å². The van der Waals surface area contributed by atoms with E-state index in [4.69, 9.17) is 0 Å². The fourth-order valence-corrected chi connectivity index (χ4v) is 1.84. The van der Waals surface area contributed by atoms with Crippen molar-refractivity contribution in [3.8, 4) is 0 Å². The Balaban J connectivity index is 2.36. The van der Waals surface area contributed by atoms with Crippen molar-refractivity contribution in [3.63, 3.8) is 0 Å². The van der Waals surface area contributed by atoms with E-state index in [1.54, 1.807) is 19.1 Å². The van der Waals surface area contributed by atoms with Crippen molar-refractivity contribution in [2.45, 2.75) is 32.3 Å². The van der Waals surface area contributed by atoms with E-state index >= 15 is 0 Å². The Morgan fingerprint density at radius 2 is 2.07 bits per heavy atom. The number of aliphatic hydroxyl groups is 1. The number of hydrogen-bond donors (Lipinski definition) is 1. The first-order chi connectivity index (χ1) is 6.51. The molecule has 14 heavy (non-hydrogen) atoms. The van der Waals surface area contributed by atoms with Gasteiger partial charge in [0.15, 0.2) is 0 Å². The fraction of sp³-hybridized carbons (Fsp3) is 0.500. The van der Waals surface area contributed by atoms with E-state index in [0.29, 0.717) is 11.5 Å². The molecule has 0 unspecified atom stereocenters. The van der Waals surface area contributed by atoms with Gasteiger partial charge in [-0.25, -0.2) is 4.39 Å². The summed E-state index contributed by atoms with van der Waals surface area (Å²) >= 11 is 0. The third-order valence-corrected chi connectivity index (χ3v) is 3.11. The van der Waals surface area contributed by atoms with E-state index in [9.17, 15) is 9.50 Å². The van der Waals surface area contributed by atoms with Crippen LogP contribution in [0.5, 0.6) is 0 Å². The Morgan fingerprint density at radius 1 is 1.43 bits per heavy atom. The Bertz CT molecular complexity index is 353. The maximum Gasteiger partial charge on any atom is 0.126 e. The van der Waals surface area contributed by atoms with Crippen LogP contribution in [0, 0.1) is 18.7 Å². The number of rotatable bonds is 2. The van der Waals surface area contributed by atoms with Gasteiger partial charge in [0.25, 0.3) is 0 Å². The standard InChI is InChI=1S/C12H15FO/c1-8-7-10(5-6-11(8)13)12(2,14)9-3-4-9/h5-7,9,14H,3-4H2,1-2H3/t12-/m1/s1. The molecular formula is C12H15FO. The van der Waals surface area contributed by atoms with Gasteiger partial charge in [-0.2, -0.15) is 0 Å². The smallest absolute Gasteiger partial charge is 0.126 e. The molecule has 2 rings (SSSR count). The van der Waals surface area contributed by atoms with Crippen LogP contribution < -0.4 is 0 Å². The molecule has 2 heteroatoms. The first kappa shape index (κ1) is 9.66. The highest BCUT2D eigenvalue weighted by atomic mass is 19.1. The summed E-state index contributed by atoms with van der Waals surface area (Å²) in [6.45, 7) is 3.54. The highest BCUT2D eigenvalue weighted by molar-refractivity contribution is 5.29. The van der Waals surface area contributed by atoms with Crippen LogP contribution in [-0.4, -0.2) is 5.11 Å². The molecule has 1 atom stereocenters. The van der Waals surface area contributed by atoms with Crippen LogP contribution in [0.15, 0.2) is 18.2 Å². The molecule has 0 radical (unpaired) electrons. The molecule has 1 saturated carbocycles. The number of halogens is 1. The zero-order valence-corrected chi connectivity index (χ0v) is 8.55. The molecule has 76 valence electrons. The second kappa shape index (κ2) is 3.06. The van der Waals surface area contributed by atoms with E-state index in [2.05, 4.69) is 0 Å². The molecular weight excluding hydrogens is 179 g/mol. The SMILES string of the molecule is Cc1cc([C@](C)(O)C2CC2)ccc1F. The quantitative estimate of drug-likeness (QED) is 0.767. The molecule has 0 amide bonds. The summed E-state index contributed by atoms with van der Waals surface area (Å²) in [6.07, 6.45) is 2.15. The summed E-state index contributed by atoms with van der Waals surface area (Å²) in [6, 6.07) is 4.86. The molecule has 0 saturated heterocycles. The van der Waals surface area contributed by atoms with Gasteiger partial charge in [0.05, 0.1) is 5.60 Å². The normalized spacial score (nSPS) is 20.6. The van der Waals surface area contributed by atoms with Gasteiger partial charge in [0.1, 0.15) is 5.82 Å². The molecule has 0 bridgehead atoms. The van der Waals surface area contributed by atoms with Crippen LogP contribution in [0.1, 0.15) is 30.9 Å². The van der Waals surface area contributed by atoms with E-state index in [1.165, 1.54) is 6.07 Å². The summed E-state index contributed by atoms with van der Waals surface area (Å²) in [5.74, 6) is 0.146. The molecule has 1 aliphatic rings. The zero-order chi connectivity index (χ0) is 10.3. The van der Waals surface area contributed by atoms with Gasteiger partial charge in [-0.1, -0.05) is 12.1 Å². The molecule has 0 aliphatic heterocycles. The average molecular weight is 194 g/mol. The van der Waals surface area contributed by atoms with Crippen LogP contribution in [0.25, 0.3) is 0 Å². The van der Waals surface area contributed by atoms with Crippen LogP contribution >= 0.6 is 0 Å². The van der Waals surface area contributed by atoms with Crippen molar-refractivity contribution in [1.82, 2.24) is 0 Å². The minimum absolute atomic E-state index is 0.208. The van der Waals surface area contributed by atoms with Crippen molar-refractivity contribution < 1.29 is 9.50 Å². The fourth-order valence-electron chi connectivity index (χ4n) is 1.84. The first-order valence-corrected chi connectivity index (χ1v) is 5.01. The van der Waals surface area contributed by atoms with Crippen LogP contribution in [-0.2, 0) is 5.60 Å². The van der Waals surface area contributed by atoms with Gasteiger partial charge >= 0.3 is 0 Å². The van der Waals surface area contributed by atoms with Crippen molar-refractivity contribution in [2.75, 3.05) is 0 Å². The molecule has 1 fully saturated rings. The van der Waals surface area contributed by atoms with Gasteiger partial charge in [-0.3, -0.25) is 0 Å². The third kappa shape index (κ3) is 1.55. The molecule has 0 aromatic heterocycles. The Kier molecular flexibility index (Phi) is 2.11. The lowest BCUT2D eigenvalue weighted by Crippen LogP contribution is -2.23. The minimum Gasteiger partial charge on any atom is -0.385 e. The maximum atomic E-state index is 13.0. The zero-order valence-electron chi connectivity index (χ0n) is 8.55. The van der Waals surface area contributed by atoms with Crippen molar-refractivity contribution in [1.29, 1.82) is 0 Å². The second-order valence-corrected chi connectivity index (χ2v) is 4.39. The lowest BCUT2D eigenvalue weighted by atomic mass is 9.90. The second-order valence-electron chi connectivity index (χ2n) is 4.39. The molecule has 1 aromatic rings. The van der Waals surface area contributed by atoms with E-state index in [0.717, 1.165) is 18.4 Å². The van der Waals surface area contributed by atoms with E-state index < -0.39 is 5.60 Å². The molecule has 0 spiro atoms. The Hall–Kier alpha value is -0.890. The van der Waals surface area contributed by atoms with Gasteiger partial charge in [-0.05, 0) is 49.8 Å². The monoisotopic (exact) mass is 194 g/mol. The van der Waals surface area contributed by atoms with Crippen LogP contribution in [0.4, 0.5) is 4.39 Å². The Labute approximate surface area is 83.6 Å². The lowest BCUT2D eigenvalue weighted by molar-refractivity contribution is 0.0329. The van der Waals surface area contributed by atoms with Crippen molar-refractivity contribution >= 4 is 0 Å². The third-order valence-electron chi connectivity index (χ3n) is 3.11. The number of benzene rings is 1. The van der Waals surface area contributed by atoms with Gasteiger partial charge in [-0.15, -0.1) is 0 Å². The summed E-state index contributed by atoms with van der Waals surface area (Å²) in [5, 5.41) is 10.2. The summed E-state index contributed by atoms with van der Waals surface area (Å²) < 4.78 is 13.0. The number of aryl methyl sites for hydroxylation is 1. The largest absolute Gasteiger partial charge is 0.385 e. The highest BCUT2D eigenvalue weighted by Crippen LogP contribution is 2.45.